The Hall–Kier alpha value is -2.01. The van der Waals surface area contributed by atoms with Crippen LogP contribution in [0.3, 0.4) is 0 Å². The number of para-hydroxylation sites is 1. The number of methoxy groups -OCH3 is 1. The topological polar surface area (TPSA) is 47.6 Å². The van der Waals surface area contributed by atoms with E-state index in [2.05, 4.69) is 35.1 Å². The first-order valence-corrected chi connectivity index (χ1v) is 8.69. The van der Waals surface area contributed by atoms with E-state index in [4.69, 9.17) is 9.47 Å². The van der Waals surface area contributed by atoms with Crippen LogP contribution in [-0.4, -0.2) is 19.6 Å². The molecule has 0 saturated carbocycles. The Morgan fingerprint density at radius 3 is 2.67 bits per heavy atom. The van der Waals surface area contributed by atoms with Gasteiger partial charge in [-0.3, -0.25) is 4.79 Å². The summed E-state index contributed by atoms with van der Waals surface area (Å²) in [4.78, 5) is 12.2. The van der Waals surface area contributed by atoms with Gasteiger partial charge in [-0.1, -0.05) is 48.0 Å². The number of benzene rings is 2. The monoisotopic (exact) mass is 391 g/mol. The lowest BCUT2D eigenvalue weighted by Gasteiger charge is -2.16. The van der Waals surface area contributed by atoms with E-state index in [9.17, 15) is 4.79 Å². The number of carbonyl (C=O) groups is 1. The fraction of sp³-hybridized carbons (Fsp3) is 0.316. The molecule has 0 aromatic heterocycles. The molecule has 1 amide bonds. The van der Waals surface area contributed by atoms with Gasteiger partial charge in [0.2, 0.25) is 0 Å². The minimum atomic E-state index is -0.231. The molecule has 2 aromatic rings. The van der Waals surface area contributed by atoms with Gasteiger partial charge in [-0.15, -0.1) is 0 Å². The lowest BCUT2D eigenvalue weighted by Crippen LogP contribution is -2.21. The second-order valence-corrected chi connectivity index (χ2v) is 6.44. The average molecular weight is 392 g/mol. The average Bonchev–Trinajstić information content (AvgIpc) is 2.59. The second-order valence-electron chi connectivity index (χ2n) is 5.53. The minimum Gasteiger partial charge on any atom is -0.495 e. The van der Waals surface area contributed by atoms with Gasteiger partial charge in [-0.25, -0.2) is 0 Å². The van der Waals surface area contributed by atoms with Crippen LogP contribution in [0.2, 0.25) is 0 Å². The molecule has 0 fully saturated rings. The number of carbonyl (C=O) groups excluding carboxylic acids is 1. The minimum absolute atomic E-state index is 0.0525. The Labute approximate surface area is 151 Å². The number of rotatable bonds is 7. The number of hydrogen-bond acceptors (Lipinski definition) is 3. The van der Waals surface area contributed by atoms with Crippen LogP contribution in [0, 0.1) is 0 Å². The zero-order valence-electron chi connectivity index (χ0n) is 14.1. The van der Waals surface area contributed by atoms with Crippen molar-refractivity contribution in [2.75, 3.05) is 19.0 Å². The molecule has 2 rings (SSSR count). The quantitative estimate of drug-likeness (QED) is 0.722. The standard InChI is InChI=1S/C19H22BrNO3/c1-4-13(2)15-7-5-6-8-17(15)24-12-19(22)21-16-11-14(20)9-10-18(16)23-3/h5-11,13H,4,12H2,1-3H3,(H,21,22). The van der Waals surface area contributed by atoms with Gasteiger partial charge in [-0.2, -0.15) is 0 Å². The van der Waals surface area contributed by atoms with E-state index >= 15 is 0 Å². The van der Waals surface area contributed by atoms with E-state index < -0.39 is 0 Å². The summed E-state index contributed by atoms with van der Waals surface area (Å²) in [5.41, 5.74) is 1.73. The molecule has 1 unspecified atom stereocenters. The molecule has 128 valence electrons. The molecule has 0 aliphatic rings. The van der Waals surface area contributed by atoms with E-state index in [0.29, 0.717) is 17.4 Å². The molecule has 1 N–H and O–H groups in total. The summed E-state index contributed by atoms with van der Waals surface area (Å²) in [7, 11) is 1.57. The Bertz CT molecular complexity index is 703. The summed E-state index contributed by atoms with van der Waals surface area (Å²) in [6.07, 6.45) is 1.02. The molecule has 1 atom stereocenters. The van der Waals surface area contributed by atoms with Gasteiger partial charge >= 0.3 is 0 Å². The lowest BCUT2D eigenvalue weighted by atomic mass is 9.98. The highest BCUT2D eigenvalue weighted by Crippen LogP contribution is 2.29. The van der Waals surface area contributed by atoms with Crippen molar-refractivity contribution in [2.24, 2.45) is 0 Å². The summed E-state index contributed by atoms with van der Waals surface area (Å²) in [6.45, 7) is 4.23. The predicted molar refractivity (Wildman–Crippen MR) is 100.0 cm³/mol. The third-order valence-corrected chi connectivity index (χ3v) is 4.35. The van der Waals surface area contributed by atoms with Crippen molar-refractivity contribution in [1.29, 1.82) is 0 Å². The maximum Gasteiger partial charge on any atom is 0.262 e. The van der Waals surface area contributed by atoms with E-state index in [-0.39, 0.29) is 12.5 Å². The molecule has 0 spiro atoms. The Balaban J connectivity index is 2.03. The summed E-state index contributed by atoms with van der Waals surface area (Å²) in [5.74, 6) is 1.51. The summed E-state index contributed by atoms with van der Waals surface area (Å²) in [5, 5.41) is 2.82. The number of ether oxygens (including phenoxy) is 2. The number of nitrogens with one attached hydrogen (secondary N) is 1. The molecule has 2 aromatic carbocycles. The first kappa shape index (κ1) is 18.3. The number of hydrogen-bond donors (Lipinski definition) is 1. The number of amides is 1. The molecule has 0 aliphatic carbocycles. The fourth-order valence-electron chi connectivity index (χ4n) is 2.35. The zero-order chi connectivity index (χ0) is 17.5. The highest BCUT2D eigenvalue weighted by Gasteiger charge is 2.12. The van der Waals surface area contributed by atoms with Gasteiger partial charge < -0.3 is 14.8 Å². The lowest BCUT2D eigenvalue weighted by molar-refractivity contribution is -0.118. The van der Waals surface area contributed by atoms with E-state index in [1.54, 1.807) is 19.2 Å². The summed E-state index contributed by atoms with van der Waals surface area (Å²) >= 11 is 3.39. The first-order chi connectivity index (χ1) is 11.5. The Morgan fingerprint density at radius 1 is 1.21 bits per heavy atom. The molecular formula is C19H22BrNO3. The smallest absolute Gasteiger partial charge is 0.262 e. The van der Waals surface area contributed by atoms with Crippen molar-refractivity contribution in [3.05, 3.63) is 52.5 Å². The highest BCUT2D eigenvalue weighted by molar-refractivity contribution is 9.10. The van der Waals surface area contributed by atoms with Crippen molar-refractivity contribution < 1.29 is 14.3 Å². The summed E-state index contributed by atoms with van der Waals surface area (Å²) < 4.78 is 11.8. The Kier molecular flexibility index (Phi) is 6.67. The van der Waals surface area contributed by atoms with Gasteiger partial charge in [0.05, 0.1) is 12.8 Å². The maximum absolute atomic E-state index is 12.2. The molecule has 5 heteroatoms. The van der Waals surface area contributed by atoms with Crippen LogP contribution in [0.1, 0.15) is 31.7 Å². The van der Waals surface area contributed by atoms with Crippen LogP contribution >= 0.6 is 15.9 Å². The summed E-state index contributed by atoms with van der Waals surface area (Å²) in [6, 6.07) is 13.3. The van der Waals surface area contributed by atoms with Crippen LogP contribution < -0.4 is 14.8 Å². The third-order valence-electron chi connectivity index (χ3n) is 3.86. The van der Waals surface area contributed by atoms with Crippen molar-refractivity contribution in [1.82, 2.24) is 0 Å². The molecule has 0 aliphatic heterocycles. The maximum atomic E-state index is 12.2. The van der Waals surface area contributed by atoms with Crippen LogP contribution in [-0.2, 0) is 4.79 Å². The van der Waals surface area contributed by atoms with Crippen molar-refractivity contribution in [2.45, 2.75) is 26.2 Å². The molecule has 0 heterocycles. The predicted octanol–water partition coefficient (Wildman–Crippen LogP) is 4.99. The SMILES string of the molecule is CCC(C)c1ccccc1OCC(=O)Nc1cc(Br)ccc1OC. The van der Waals surface area contributed by atoms with E-state index in [1.165, 1.54) is 0 Å². The van der Waals surface area contributed by atoms with Gasteiger partial charge in [0.1, 0.15) is 11.5 Å². The molecule has 24 heavy (non-hydrogen) atoms. The normalized spacial score (nSPS) is 11.7. The van der Waals surface area contributed by atoms with Crippen LogP contribution in [0.15, 0.2) is 46.9 Å². The number of anilines is 1. The van der Waals surface area contributed by atoms with Gasteiger partial charge in [0, 0.05) is 4.47 Å². The molecular weight excluding hydrogens is 370 g/mol. The van der Waals surface area contributed by atoms with E-state index in [0.717, 1.165) is 22.2 Å². The third kappa shape index (κ3) is 4.74. The largest absolute Gasteiger partial charge is 0.495 e. The van der Waals surface area contributed by atoms with Crippen molar-refractivity contribution in [3.63, 3.8) is 0 Å². The Morgan fingerprint density at radius 2 is 1.96 bits per heavy atom. The first-order valence-electron chi connectivity index (χ1n) is 7.90. The van der Waals surface area contributed by atoms with E-state index in [1.807, 2.05) is 30.3 Å². The number of halogens is 1. The van der Waals surface area contributed by atoms with Crippen molar-refractivity contribution in [3.8, 4) is 11.5 Å². The molecule has 0 saturated heterocycles. The second kappa shape index (κ2) is 8.73. The van der Waals surface area contributed by atoms with Crippen LogP contribution in [0.5, 0.6) is 11.5 Å². The van der Waals surface area contributed by atoms with Gasteiger partial charge in [0.25, 0.3) is 5.91 Å². The fourth-order valence-corrected chi connectivity index (χ4v) is 2.71. The zero-order valence-corrected chi connectivity index (χ0v) is 15.7. The van der Waals surface area contributed by atoms with Gasteiger partial charge in [-0.05, 0) is 42.2 Å². The highest BCUT2D eigenvalue weighted by atomic mass is 79.9. The van der Waals surface area contributed by atoms with Crippen LogP contribution in [0.25, 0.3) is 0 Å². The van der Waals surface area contributed by atoms with Crippen LogP contribution in [0.4, 0.5) is 5.69 Å². The molecule has 4 nitrogen and oxygen atoms in total. The van der Waals surface area contributed by atoms with Gasteiger partial charge in [0.15, 0.2) is 6.61 Å². The van der Waals surface area contributed by atoms with Crippen molar-refractivity contribution >= 4 is 27.5 Å². The molecule has 0 bridgehead atoms. The molecule has 0 radical (unpaired) electrons.